The van der Waals surface area contributed by atoms with Crippen LogP contribution in [0.5, 0.6) is 0 Å². The number of allylic oxidation sites excluding steroid dienone is 1. The number of anilines is 1. The van der Waals surface area contributed by atoms with E-state index in [0.717, 1.165) is 46.6 Å². The van der Waals surface area contributed by atoms with Crippen LogP contribution < -0.4 is 11.2 Å². The van der Waals surface area contributed by atoms with E-state index >= 15 is 0 Å². The average molecular weight is 408 g/mol. The van der Waals surface area contributed by atoms with E-state index < -0.39 is 0 Å². The smallest absolute Gasteiger partial charge is 0.337 e. The summed E-state index contributed by atoms with van der Waals surface area (Å²) in [6.45, 7) is 9.47. The van der Waals surface area contributed by atoms with Crippen LogP contribution in [-0.4, -0.2) is 30.2 Å². The van der Waals surface area contributed by atoms with Gasteiger partial charge in [-0.3, -0.25) is 0 Å². The molecule has 2 aromatic carbocycles. The first kappa shape index (κ1) is 21.9. The van der Waals surface area contributed by atoms with Crippen LogP contribution in [0.15, 0.2) is 59.8 Å². The third-order valence-electron chi connectivity index (χ3n) is 5.45. The van der Waals surface area contributed by atoms with Crippen molar-refractivity contribution in [2.45, 2.75) is 46.6 Å². The van der Waals surface area contributed by atoms with Crippen LogP contribution in [0, 0.1) is 5.92 Å². The maximum absolute atomic E-state index is 12.8. The fourth-order valence-electron chi connectivity index (χ4n) is 3.94. The van der Waals surface area contributed by atoms with Crippen LogP contribution in [0.2, 0.25) is 0 Å². The molecule has 160 valence electrons. The molecule has 0 bridgehead atoms. The van der Waals surface area contributed by atoms with Crippen molar-refractivity contribution in [1.82, 2.24) is 10.4 Å². The molecule has 0 aliphatic carbocycles. The molecule has 1 aliphatic heterocycles. The van der Waals surface area contributed by atoms with Crippen LogP contribution in [0.4, 0.5) is 5.69 Å². The van der Waals surface area contributed by atoms with E-state index in [1.807, 2.05) is 31.2 Å². The molecular formula is C25H33N3O2. The number of hydrogen-bond donors (Lipinski definition) is 2. The van der Waals surface area contributed by atoms with E-state index in [0.29, 0.717) is 13.0 Å². The van der Waals surface area contributed by atoms with Crippen molar-refractivity contribution >= 4 is 11.7 Å². The van der Waals surface area contributed by atoms with E-state index in [9.17, 15) is 4.79 Å². The van der Waals surface area contributed by atoms with Crippen molar-refractivity contribution in [3.63, 3.8) is 0 Å². The minimum atomic E-state index is -0.217. The van der Waals surface area contributed by atoms with Crippen molar-refractivity contribution in [3.8, 4) is 11.1 Å². The van der Waals surface area contributed by atoms with Gasteiger partial charge >= 0.3 is 5.97 Å². The van der Waals surface area contributed by atoms with Crippen molar-refractivity contribution in [1.29, 1.82) is 0 Å². The number of nitrogen functional groups attached to an aromatic ring is 1. The summed E-state index contributed by atoms with van der Waals surface area (Å²) in [6, 6.07) is 16.3. The SMILES string of the molecule is CCCN1NC(C(C)C)C(C(=O)OCC)=C1Cc1ccc(-c2ccccc2N)cc1. The number of para-hydroxylation sites is 1. The molecular weight excluding hydrogens is 374 g/mol. The van der Waals surface area contributed by atoms with E-state index in [4.69, 9.17) is 10.5 Å². The van der Waals surface area contributed by atoms with E-state index in [-0.39, 0.29) is 17.9 Å². The summed E-state index contributed by atoms with van der Waals surface area (Å²) in [4.78, 5) is 12.8. The first-order valence-electron chi connectivity index (χ1n) is 10.8. The molecule has 3 N–H and O–H groups in total. The predicted octanol–water partition coefficient (Wildman–Crippen LogP) is 4.55. The highest BCUT2D eigenvalue weighted by Gasteiger charge is 2.37. The lowest BCUT2D eigenvalue weighted by Crippen LogP contribution is -2.41. The molecule has 0 spiro atoms. The predicted molar refractivity (Wildman–Crippen MR) is 122 cm³/mol. The highest BCUT2D eigenvalue weighted by Crippen LogP contribution is 2.31. The molecule has 5 nitrogen and oxygen atoms in total. The van der Waals surface area contributed by atoms with Crippen LogP contribution in [0.25, 0.3) is 11.1 Å². The van der Waals surface area contributed by atoms with Gasteiger partial charge < -0.3 is 15.5 Å². The fourth-order valence-corrected chi connectivity index (χ4v) is 3.94. The Morgan fingerprint density at radius 1 is 1.13 bits per heavy atom. The minimum absolute atomic E-state index is 0.0333. The molecule has 30 heavy (non-hydrogen) atoms. The first-order chi connectivity index (χ1) is 14.5. The van der Waals surface area contributed by atoms with Crippen LogP contribution in [0.3, 0.4) is 0 Å². The first-order valence-corrected chi connectivity index (χ1v) is 10.8. The standard InChI is InChI=1S/C25H33N3O2/c1-5-15-28-22(23(25(29)30-6-2)24(27-28)17(3)4)16-18-11-13-19(14-12-18)20-9-7-8-10-21(20)26/h7-14,17,24,27H,5-6,15-16,26H2,1-4H3. The Balaban J connectivity index is 1.93. The minimum Gasteiger partial charge on any atom is -0.463 e. The summed E-state index contributed by atoms with van der Waals surface area (Å²) < 4.78 is 5.41. The number of benzene rings is 2. The van der Waals surface area contributed by atoms with Gasteiger partial charge in [0.05, 0.1) is 18.2 Å². The van der Waals surface area contributed by atoms with Crippen molar-refractivity contribution in [2.75, 3.05) is 18.9 Å². The van der Waals surface area contributed by atoms with Crippen molar-refractivity contribution in [3.05, 3.63) is 65.4 Å². The zero-order valence-corrected chi connectivity index (χ0v) is 18.4. The third-order valence-corrected chi connectivity index (χ3v) is 5.45. The summed E-state index contributed by atoms with van der Waals surface area (Å²) in [5.41, 5.74) is 15.5. The topological polar surface area (TPSA) is 67.6 Å². The van der Waals surface area contributed by atoms with Gasteiger partial charge in [-0.25, -0.2) is 10.2 Å². The second-order valence-corrected chi connectivity index (χ2v) is 8.04. The highest BCUT2D eigenvalue weighted by atomic mass is 16.5. The molecule has 1 atom stereocenters. The van der Waals surface area contributed by atoms with Gasteiger partial charge in [0, 0.05) is 29.9 Å². The molecule has 1 aliphatic rings. The van der Waals surface area contributed by atoms with Crippen LogP contribution in [-0.2, 0) is 16.0 Å². The number of hydrogen-bond acceptors (Lipinski definition) is 5. The average Bonchev–Trinajstić information content (AvgIpc) is 3.08. The maximum atomic E-state index is 12.8. The van der Waals surface area contributed by atoms with Crippen LogP contribution in [0.1, 0.15) is 39.7 Å². The summed E-state index contributed by atoms with van der Waals surface area (Å²) in [6.07, 6.45) is 1.67. The molecule has 0 saturated carbocycles. The van der Waals surface area contributed by atoms with E-state index in [2.05, 4.69) is 55.5 Å². The maximum Gasteiger partial charge on any atom is 0.337 e. The number of rotatable bonds is 8. The lowest BCUT2D eigenvalue weighted by molar-refractivity contribution is -0.139. The number of carbonyl (C=O) groups excluding carboxylic acids is 1. The second kappa shape index (κ2) is 9.81. The highest BCUT2D eigenvalue weighted by molar-refractivity contribution is 5.91. The molecule has 1 heterocycles. The van der Waals surface area contributed by atoms with Gasteiger partial charge in [-0.2, -0.15) is 0 Å². The second-order valence-electron chi connectivity index (χ2n) is 8.04. The lowest BCUT2D eigenvalue weighted by Gasteiger charge is -2.24. The summed E-state index contributed by atoms with van der Waals surface area (Å²) in [7, 11) is 0. The summed E-state index contributed by atoms with van der Waals surface area (Å²) >= 11 is 0. The lowest BCUT2D eigenvalue weighted by atomic mass is 9.94. The summed E-state index contributed by atoms with van der Waals surface area (Å²) in [5, 5.41) is 2.14. The number of ether oxygens (including phenoxy) is 1. The molecule has 0 radical (unpaired) electrons. The number of nitrogens with two attached hydrogens (primary N) is 1. The van der Waals surface area contributed by atoms with Gasteiger partial charge in [0.15, 0.2) is 0 Å². The van der Waals surface area contributed by atoms with Gasteiger partial charge in [0.25, 0.3) is 0 Å². The Bertz CT molecular complexity index is 903. The number of esters is 1. The molecule has 0 fully saturated rings. The number of hydrazine groups is 1. The van der Waals surface area contributed by atoms with Gasteiger partial charge in [-0.15, -0.1) is 0 Å². The van der Waals surface area contributed by atoms with Crippen LogP contribution >= 0.6 is 0 Å². The molecule has 0 saturated heterocycles. The van der Waals surface area contributed by atoms with E-state index in [1.54, 1.807) is 0 Å². The fraction of sp³-hybridized carbons (Fsp3) is 0.400. The molecule has 3 rings (SSSR count). The Labute approximate surface area is 179 Å². The number of nitrogens with one attached hydrogen (secondary N) is 1. The largest absolute Gasteiger partial charge is 0.463 e. The molecule has 2 aromatic rings. The molecule has 5 heteroatoms. The van der Waals surface area contributed by atoms with Gasteiger partial charge in [-0.1, -0.05) is 63.2 Å². The van der Waals surface area contributed by atoms with Gasteiger partial charge in [0.1, 0.15) is 0 Å². The van der Waals surface area contributed by atoms with Crippen molar-refractivity contribution < 1.29 is 9.53 Å². The number of carbonyl (C=O) groups is 1. The zero-order valence-electron chi connectivity index (χ0n) is 18.4. The molecule has 0 amide bonds. The molecule has 0 aromatic heterocycles. The zero-order chi connectivity index (χ0) is 21.7. The molecule has 1 unspecified atom stereocenters. The Hall–Kier alpha value is -2.79. The Morgan fingerprint density at radius 2 is 1.83 bits per heavy atom. The summed E-state index contributed by atoms with van der Waals surface area (Å²) in [5.74, 6) is 0.0654. The number of nitrogens with zero attached hydrogens (tertiary/aromatic N) is 1. The van der Waals surface area contributed by atoms with Gasteiger partial charge in [0.2, 0.25) is 0 Å². The normalized spacial score (nSPS) is 16.4. The third kappa shape index (κ3) is 4.68. The van der Waals surface area contributed by atoms with E-state index in [1.165, 1.54) is 0 Å². The Kier molecular flexibility index (Phi) is 7.16. The van der Waals surface area contributed by atoms with Gasteiger partial charge in [-0.05, 0) is 36.5 Å². The van der Waals surface area contributed by atoms with Crippen molar-refractivity contribution in [2.24, 2.45) is 5.92 Å². The monoisotopic (exact) mass is 407 g/mol. The Morgan fingerprint density at radius 3 is 2.43 bits per heavy atom. The quantitative estimate of drug-likeness (QED) is 0.496.